The average molecular weight is 236 g/mol. The summed E-state index contributed by atoms with van der Waals surface area (Å²) in [5.41, 5.74) is 0.767. The van der Waals surface area contributed by atoms with Crippen molar-refractivity contribution in [3.05, 3.63) is 29.8 Å². The number of hydrogen-bond acceptors (Lipinski definition) is 3. The van der Waals surface area contributed by atoms with Crippen molar-refractivity contribution < 1.29 is 14.6 Å². The Labute approximate surface area is 102 Å². The van der Waals surface area contributed by atoms with E-state index in [0.717, 1.165) is 30.6 Å². The molecule has 1 N–H and O–H groups in total. The molecule has 94 valence electrons. The molecule has 0 radical (unpaired) electrons. The van der Waals surface area contributed by atoms with Gasteiger partial charge in [-0.25, -0.2) is 0 Å². The van der Waals surface area contributed by atoms with Crippen LogP contribution in [0, 0.1) is 0 Å². The molecular weight excluding hydrogens is 216 g/mol. The first kappa shape index (κ1) is 12.4. The highest BCUT2D eigenvalue weighted by molar-refractivity contribution is 5.29. The van der Waals surface area contributed by atoms with Crippen molar-refractivity contribution >= 4 is 0 Å². The van der Waals surface area contributed by atoms with Gasteiger partial charge in [0.25, 0.3) is 0 Å². The molecule has 0 aliphatic heterocycles. The first-order valence-electron chi connectivity index (χ1n) is 6.06. The van der Waals surface area contributed by atoms with Crippen molar-refractivity contribution in [2.24, 2.45) is 0 Å². The Kier molecular flexibility index (Phi) is 3.69. The first-order chi connectivity index (χ1) is 8.20. The van der Waals surface area contributed by atoms with Crippen LogP contribution in [0.3, 0.4) is 0 Å². The number of rotatable bonds is 5. The van der Waals surface area contributed by atoms with Gasteiger partial charge >= 0.3 is 0 Å². The van der Waals surface area contributed by atoms with Crippen LogP contribution in [-0.4, -0.2) is 31.0 Å². The lowest BCUT2D eigenvalue weighted by Gasteiger charge is -2.44. The molecule has 0 amide bonds. The predicted molar refractivity (Wildman–Crippen MR) is 66.3 cm³/mol. The molecule has 0 aromatic heterocycles. The Balaban J connectivity index is 2.04. The van der Waals surface area contributed by atoms with E-state index in [1.54, 1.807) is 14.2 Å². The predicted octanol–water partition coefficient (Wildman–Crippen LogP) is 2.17. The Bertz CT molecular complexity index is 366. The van der Waals surface area contributed by atoms with Crippen LogP contribution < -0.4 is 4.74 Å². The molecule has 17 heavy (non-hydrogen) atoms. The lowest BCUT2D eigenvalue weighted by atomic mass is 9.74. The van der Waals surface area contributed by atoms with Crippen LogP contribution in [0.5, 0.6) is 5.75 Å². The second-order valence-electron chi connectivity index (χ2n) is 4.69. The molecule has 0 bridgehead atoms. The fourth-order valence-electron chi connectivity index (χ4n) is 2.41. The molecule has 0 saturated heterocycles. The lowest BCUT2D eigenvalue weighted by molar-refractivity contribution is -0.148. The molecule has 1 aromatic rings. The summed E-state index contributed by atoms with van der Waals surface area (Å²) in [5.74, 6) is 0.828. The fourth-order valence-corrected chi connectivity index (χ4v) is 2.41. The summed E-state index contributed by atoms with van der Waals surface area (Å²) in [7, 11) is 3.34. The van der Waals surface area contributed by atoms with Gasteiger partial charge in [0.05, 0.1) is 18.8 Å². The van der Waals surface area contributed by atoms with Crippen LogP contribution in [0.1, 0.15) is 24.8 Å². The minimum Gasteiger partial charge on any atom is -0.497 e. The molecule has 1 unspecified atom stereocenters. The van der Waals surface area contributed by atoms with E-state index < -0.39 is 6.10 Å². The Morgan fingerprint density at radius 3 is 2.65 bits per heavy atom. The Morgan fingerprint density at radius 2 is 2.12 bits per heavy atom. The van der Waals surface area contributed by atoms with Gasteiger partial charge in [0.1, 0.15) is 5.75 Å². The van der Waals surface area contributed by atoms with Crippen LogP contribution in [0.4, 0.5) is 0 Å². The van der Waals surface area contributed by atoms with Gasteiger partial charge in [0, 0.05) is 13.5 Å². The van der Waals surface area contributed by atoms with E-state index in [-0.39, 0.29) is 5.60 Å². The smallest absolute Gasteiger partial charge is 0.119 e. The minimum absolute atomic E-state index is 0.316. The van der Waals surface area contributed by atoms with Crippen LogP contribution >= 0.6 is 0 Å². The van der Waals surface area contributed by atoms with Gasteiger partial charge in [-0.3, -0.25) is 0 Å². The van der Waals surface area contributed by atoms with Crippen LogP contribution in [0.15, 0.2) is 24.3 Å². The van der Waals surface area contributed by atoms with E-state index in [1.165, 1.54) is 0 Å². The average Bonchev–Trinajstić information content (AvgIpc) is 2.28. The Hall–Kier alpha value is -1.06. The van der Waals surface area contributed by atoms with Crippen molar-refractivity contribution in [3.8, 4) is 5.75 Å². The van der Waals surface area contributed by atoms with Crippen molar-refractivity contribution in [1.29, 1.82) is 0 Å². The highest BCUT2D eigenvalue weighted by Gasteiger charge is 2.43. The molecular formula is C14H20O3. The van der Waals surface area contributed by atoms with Crippen LogP contribution in [0.25, 0.3) is 0 Å². The zero-order valence-corrected chi connectivity index (χ0v) is 10.5. The maximum Gasteiger partial charge on any atom is 0.119 e. The van der Waals surface area contributed by atoms with Crippen molar-refractivity contribution in [1.82, 2.24) is 0 Å². The van der Waals surface area contributed by atoms with E-state index in [9.17, 15) is 5.11 Å². The van der Waals surface area contributed by atoms with Crippen molar-refractivity contribution in [2.45, 2.75) is 37.4 Å². The minimum atomic E-state index is -0.437. The molecule has 0 spiro atoms. The van der Waals surface area contributed by atoms with Crippen molar-refractivity contribution in [3.63, 3.8) is 0 Å². The highest BCUT2D eigenvalue weighted by Crippen LogP contribution is 2.39. The van der Waals surface area contributed by atoms with Gasteiger partial charge < -0.3 is 14.6 Å². The van der Waals surface area contributed by atoms with E-state index in [1.807, 2.05) is 24.3 Å². The molecule has 1 fully saturated rings. The molecule has 0 heterocycles. The second kappa shape index (κ2) is 5.07. The van der Waals surface area contributed by atoms with E-state index in [4.69, 9.17) is 9.47 Å². The van der Waals surface area contributed by atoms with Crippen LogP contribution in [-0.2, 0) is 11.2 Å². The largest absolute Gasteiger partial charge is 0.497 e. The molecule has 1 atom stereocenters. The lowest BCUT2D eigenvalue weighted by Crippen LogP contribution is -2.50. The van der Waals surface area contributed by atoms with Gasteiger partial charge in [-0.05, 0) is 37.0 Å². The summed E-state index contributed by atoms with van der Waals surface area (Å²) >= 11 is 0. The standard InChI is InChI=1S/C14H20O3/c1-16-12-6-3-5-11(9-12)10-13(15)14(17-2)7-4-8-14/h3,5-6,9,13,15H,4,7-8,10H2,1-2H3. The number of ether oxygens (including phenoxy) is 2. The molecule has 3 nitrogen and oxygen atoms in total. The van der Waals surface area contributed by atoms with E-state index in [0.29, 0.717) is 6.42 Å². The third-order valence-corrected chi connectivity index (χ3v) is 3.78. The normalized spacial score (nSPS) is 19.5. The summed E-state index contributed by atoms with van der Waals surface area (Å²) in [6, 6.07) is 7.82. The third-order valence-electron chi connectivity index (χ3n) is 3.78. The molecule has 1 aliphatic rings. The van der Waals surface area contributed by atoms with Crippen molar-refractivity contribution in [2.75, 3.05) is 14.2 Å². The van der Waals surface area contributed by atoms with Gasteiger partial charge in [0.15, 0.2) is 0 Å². The molecule has 1 saturated carbocycles. The number of aliphatic hydroxyl groups excluding tert-OH is 1. The third kappa shape index (κ3) is 2.45. The quantitative estimate of drug-likeness (QED) is 0.851. The SMILES string of the molecule is COc1cccc(CC(O)C2(OC)CCC2)c1. The van der Waals surface area contributed by atoms with Gasteiger partial charge in [-0.1, -0.05) is 12.1 Å². The summed E-state index contributed by atoms with van der Waals surface area (Å²) < 4.78 is 10.7. The van der Waals surface area contributed by atoms with Gasteiger partial charge in [-0.2, -0.15) is 0 Å². The number of benzene rings is 1. The van der Waals surface area contributed by atoms with Crippen LogP contribution in [0.2, 0.25) is 0 Å². The monoisotopic (exact) mass is 236 g/mol. The highest BCUT2D eigenvalue weighted by atomic mass is 16.5. The molecule has 1 aromatic carbocycles. The molecule has 2 rings (SSSR count). The van der Waals surface area contributed by atoms with E-state index in [2.05, 4.69) is 0 Å². The maximum atomic E-state index is 10.3. The van der Waals surface area contributed by atoms with E-state index >= 15 is 0 Å². The Morgan fingerprint density at radius 1 is 1.35 bits per heavy atom. The number of hydrogen-bond donors (Lipinski definition) is 1. The zero-order chi connectivity index (χ0) is 12.3. The first-order valence-corrected chi connectivity index (χ1v) is 6.06. The zero-order valence-electron chi connectivity index (χ0n) is 10.5. The second-order valence-corrected chi connectivity index (χ2v) is 4.69. The number of methoxy groups -OCH3 is 2. The summed E-state index contributed by atoms with van der Waals surface area (Å²) in [4.78, 5) is 0. The summed E-state index contributed by atoms with van der Waals surface area (Å²) in [6.07, 6.45) is 3.23. The molecule has 3 heteroatoms. The van der Waals surface area contributed by atoms with Gasteiger partial charge in [0.2, 0.25) is 0 Å². The molecule has 1 aliphatic carbocycles. The fraction of sp³-hybridized carbons (Fsp3) is 0.571. The summed E-state index contributed by atoms with van der Waals surface area (Å²) in [6.45, 7) is 0. The van der Waals surface area contributed by atoms with Gasteiger partial charge in [-0.15, -0.1) is 0 Å². The maximum absolute atomic E-state index is 10.3. The summed E-state index contributed by atoms with van der Waals surface area (Å²) in [5, 5.41) is 10.3. The topological polar surface area (TPSA) is 38.7 Å². The number of aliphatic hydroxyl groups is 1.